The molecule has 0 saturated heterocycles. The van der Waals surface area contributed by atoms with Crippen molar-refractivity contribution in [3.63, 3.8) is 0 Å². The highest BCUT2D eigenvalue weighted by Crippen LogP contribution is 2.40. The van der Waals surface area contributed by atoms with E-state index in [1.54, 1.807) is 11.9 Å². The van der Waals surface area contributed by atoms with E-state index in [2.05, 4.69) is 21.2 Å². The van der Waals surface area contributed by atoms with E-state index >= 15 is 0 Å². The zero-order chi connectivity index (χ0) is 15.5. The van der Waals surface area contributed by atoms with E-state index in [4.69, 9.17) is 0 Å². The zero-order valence-corrected chi connectivity index (χ0v) is 13.5. The molecule has 1 aliphatic carbocycles. The maximum Gasteiger partial charge on any atom is 0.317 e. The smallest absolute Gasteiger partial charge is 0.317 e. The van der Waals surface area contributed by atoms with Gasteiger partial charge in [0, 0.05) is 24.6 Å². The van der Waals surface area contributed by atoms with E-state index in [-0.39, 0.29) is 12.6 Å². The van der Waals surface area contributed by atoms with Crippen molar-refractivity contribution >= 4 is 27.9 Å². The second kappa shape index (κ2) is 6.47. The maximum absolute atomic E-state index is 12.0. The molecule has 0 radical (unpaired) electrons. The van der Waals surface area contributed by atoms with Crippen LogP contribution >= 0.6 is 15.9 Å². The highest BCUT2D eigenvalue weighted by molar-refractivity contribution is 9.10. The fraction of sp³-hybridized carbons (Fsp3) is 0.467. The van der Waals surface area contributed by atoms with Crippen LogP contribution in [0.5, 0.6) is 0 Å². The Hall–Kier alpha value is -1.56. The van der Waals surface area contributed by atoms with Crippen LogP contribution in [0, 0.1) is 5.41 Å². The van der Waals surface area contributed by atoms with Crippen LogP contribution in [-0.2, 0) is 11.3 Å². The molecule has 6 heteroatoms. The molecule has 0 aliphatic heterocycles. The molecule has 1 saturated carbocycles. The fourth-order valence-electron chi connectivity index (χ4n) is 2.39. The van der Waals surface area contributed by atoms with Crippen LogP contribution in [0.25, 0.3) is 0 Å². The Morgan fingerprint density at radius 3 is 2.43 bits per heavy atom. The van der Waals surface area contributed by atoms with Crippen molar-refractivity contribution in [2.75, 3.05) is 13.6 Å². The van der Waals surface area contributed by atoms with Gasteiger partial charge in [0.2, 0.25) is 0 Å². The molecule has 1 aromatic rings. The van der Waals surface area contributed by atoms with Crippen molar-refractivity contribution in [2.45, 2.75) is 25.8 Å². The third kappa shape index (κ3) is 3.75. The summed E-state index contributed by atoms with van der Waals surface area (Å²) < 4.78 is 0.992. The normalized spacial score (nSPS) is 15.9. The first-order chi connectivity index (χ1) is 9.93. The number of aliphatic carboxylic acids is 1. The maximum atomic E-state index is 12.0. The van der Waals surface area contributed by atoms with Crippen LogP contribution in [0.15, 0.2) is 28.7 Å². The molecule has 0 aromatic heterocycles. The third-order valence-corrected chi connectivity index (χ3v) is 4.55. The van der Waals surface area contributed by atoms with Gasteiger partial charge in [0.05, 0.1) is 5.41 Å². The van der Waals surface area contributed by atoms with Crippen LogP contribution in [-0.4, -0.2) is 35.6 Å². The van der Waals surface area contributed by atoms with E-state index in [1.165, 1.54) is 0 Å². The molecule has 1 fully saturated rings. The Balaban J connectivity index is 1.85. The number of hydrogen-bond donors (Lipinski definition) is 2. The molecule has 0 spiro atoms. The minimum Gasteiger partial charge on any atom is -0.481 e. The van der Waals surface area contributed by atoms with Gasteiger partial charge in [-0.05, 0) is 30.5 Å². The number of urea groups is 1. The Bertz CT molecular complexity index is 526. The van der Waals surface area contributed by atoms with Crippen molar-refractivity contribution < 1.29 is 14.7 Å². The number of benzene rings is 1. The first kappa shape index (κ1) is 15.8. The van der Waals surface area contributed by atoms with Gasteiger partial charge in [-0.1, -0.05) is 34.5 Å². The summed E-state index contributed by atoms with van der Waals surface area (Å²) in [6, 6.07) is 7.49. The van der Waals surface area contributed by atoms with Gasteiger partial charge >= 0.3 is 12.0 Å². The summed E-state index contributed by atoms with van der Waals surface area (Å²) in [5.74, 6) is -0.815. The lowest BCUT2D eigenvalue weighted by molar-refractivity contribution is -0.153. The van der Waals surface area contributed by atoms with Gasteiger partial charge in [-0.15, -0.1) is 0 Å². The van der Waals surface area contributed by atoms with Crippen molar-refractivity contribution in [2.24, 2.45) is 5.41 Å². The lowest BCUT2D eigenvalue weighted by atomic mass is 9.69. The van der Waals surface area contributed by atoms with Crippen LogP contribution in [0.2, 0.25) is 0 Å². The summed E-state index contributed by atoms with van der Waals surface area (Å²) in [5, 5.41) is 12.0. The Kier molecular flexibility index (Phi) is 4.88. The molecule has 0 bridgehead atoms. The molecule has 0 heterocycles. The molecule has 2 rings (SSSR count). The molecule has 5 nitrogen and oxygen atoms in total. The summed E-state index contributed by atoms with van der Waals surface area (Å²) in [6.07, 6.45) is 2.19. The third-order valence-electron chi connectivity index (χ3n) is 4.02. The number of nitrogens with one attached hydrogen (secondary N) is 1. The molecule has 2 N–H and O–H groups in total. The average molecular weight is 355 g/mol. The van der Waals surface area contributed by atoms with Crippen molar-refractivity contribution in [3.05, 3.63) is 34.3 Å². The predicted octanol–water partition coefficient (Wildman–Crippen LogP) is 2.85. The summed E-state index contributed by atoms with van der Waals surface area (Å²) in [5.41, 5.74) is 0.265. The Morgan fingerprint density at radius 2 is 1.95 bits per heavy atom. The molecule has 0 unspecified atom stereocenters. The second-order valence-corrected chi connectivity index (χ2v) is 6.50. The van der Waals surface area contributed by atoms with E-state index in [1.807, 2.05) is 24.3 Å². The molecular formula is C15H19BrN2O3. The number of halogens is 1. The second-order valence-electron chi connectivity index (χ2n) is 5.58. The lowest BCUT2D eigenvalue weighted by Crippen LogP contribution is -2.49. The number of carbonyl (C=O) groups is 2. The molecule has 21 heavy (non-hydrogen) atoms. The van der Waals surface area contributed by atoms with Crippen LogP contribution in [0.3, 0.4) is 0 Å². The Labute approximate surface area is 132 Å². The van der Waals surface area contributed by atoms with Crippen LogP contribution in [0.4, 0.5) is 4.79 Å². The zero-order valence-electron chi connectivity index (χ0n) is 11.9. The van der Waals surface area contributed by atoms with E-state index < -0.39 is 11.4 Å². The molecule has 114 valence electrons. The quantitative estimate of drug-likeness (QED) is 0.853. The number of carboxylic acids is 1. The highest BCUT2D eigenvalue weighted by Gasteiger charge is 2.44. The van der Waals surface area contributed by atoms with Gasteiger partial charge in [0.15, 0.2) is 0 Å². The minimum atomic E-state index is -0.815. The fourth-order valence-corrected chi connectivity index (χ4v) is 2.65. The number of carbonyl (C=O) groups excluding carboxylic acids is 1. The van der Waals surface area contributed by atoms with E-state index in [0.717, 1.165) is 16.5 Å². The monoisotopic (exact) mass is 354 g/mol. The van der Waals surface area contributed by atoms with Crippen molar-refractivity contribution in [3.8, 4) is 0 Å². The summed E-state index contributed by atoms with van der Waals surface area (Å²) >= 11 is 3.37. The van der Waals surface area contributed by atoms with Gasteiger partial charge in [-0.2, -0.15) is 0 Å². The first-order valence-electron chi connectivity index (χ1n) is 6.90. The number of hydrogen-bond acceptors (Lipinski definition) is 2. The van der Waals surface area contributed by atoms with Gasteiger partial charge in [-0.3, -0.25) is 4.79 Å². The highest BCUT2D eigenvalue weighted by atomic mass is 79.9. The predicted molar refractivity (Wildman–Crippen MR) is 82.9 cm³/mol. The van der Waals surface area contributed by atoms with Crippen LogP contribution in [0.1, 0.15) is 24.8 Å². The summed E-state index contributed by atoms with van der Waals surface area (Å²) in [7, 11) is 1.70. The summed E-state index contributed by atoms with van der Waals surface area (Å²) in [4.78, 5) is 24.8. The lowest BCUT2D eigenvalue weighted by Gasteiger charge is -2.37. The standard InChI is InChI=1S/C15H19BrN2O3/c1-18(9-11-3-5-12(16)6-4-11)14(21)17-10-15(13(19)20)7-2-8-15/h3-6H,2,7-10H2,1H3,(H,17,21)(H,19,20). The molecule has 1 aromatic carbocycles. The van der Waals surface area contributed by atoms with Gasteiger partial charge in [0.1, 0.15) is 0 Å². The van der Waals surface area contributed by atoms with Gasteiger partial charge in [0.25, 0.3) is 0 Å². The van der Waals surface area contributed by atoms with Crippen LogP contribution < -0.4 is 5.32 Å². The number of carboxylic acid groups (broad SMARTS) is 1. The largest absolute Gasteiger partial charge is 0.481 e. The Morgan fingerprint density at radius 1 is 1.33 bits per heavy atom. The first-order valence-corrected chi connectivity index (χ1v) is 7.69. The number of rotatable bonds is 5. The van der Waals surface area contributed by atoms with E-state index in [0.29, 0.717) is 19.4 Å². The average Bonchev–Trinajstić information content (AvgIpc) is 2.39. The van der Waals surface area contributed by atoms with Crippen molar-refractivity contribution in [1.29, 1.82) is 0 Å². The number of nitrogens with zero attached hydrogens (tertiary/aromatic N) is 1. The molecule has 0 atom stereocenters. The molecule has 1 aliphatic rings. The number of amides is 2. The van der Waals surface area contributed by atoms with Gasteiger partial charge < -0.3 is 15.3 Å². The molecule has 2 amide bonds. The SMILES string of the molecule is CN(Cc1ccc(Br)cc1)C(=O)NCC1(C(=O)O)CCC1. The minimum absolute atomic E-state index is 0.200. The molecular weight excluding hydrogens is 336 g/mol. The van der Waals surface area contributed by atoms with Gasteiger partial charge in [-0.25, -0.2) is 4.79 Å². The van der Waals surface area contributed by atoms with E-state index in [9.17, 15) is 14.7 Å². The topological polar surface area (TPSA) is 69.6 Å². The summed E-state index contributed by atoms with van der Waals surface area (Å²) in [6.45, 7) is 0.686. The van der Waals surface area contributed by atoms with Crippen molar-refractivity contribution in [1.82, 2.24) is 10.2 Å².